The molecule has 1 aliphatic heterocycles. The van der Waals surface area contributed by atoms with E-state index in [0.717, 1.165) is 28.0 Å². The van der Waals surface area contributed by atoms with E-state index in [0.29, 0.717) is 23.8 Å². The highest BCUT2D eigenvalue weighted by atomic mass is 127. The minimum Gasteiger partial charge on any atom is -0.378 e. The molecule has 2 N–H and O–H groups in total. The number of nitrogens with zero attached hydrogens (tertiary/aromatic N) is 1. The Labute approximate surface area is 176 Å². The van der Waals surface area contributed by atoms with Crippen molar-refractivity contribution in [1.82, 2.24) is 5.32 Å². The third-order valence-corrected chi connectivity index (χ3v) is 5.36. The van der Waals surface area contributed by atoms with Crippen LogP contribution in [-0.4, -0.2) is 37.3 Å². The fourth-order valence-electron chi connectivity index (χ4n) is 2.69. The number of carbonyl (C=O) groups excluding carboxylic acids is 1. The third-order valence-electron chi connectivity index (χ3n) is 3.91. The number of para-hydroxylation sites is 1. The van der Waals surface area contributed by atoms with E-state index in [9.17, 15) is 4.79 Å². The van der Waals surface area contributed by atoms with E-state index in [1.165, 1.54) is 0 Å². The molecule has 1 fully saturated rings. The van der Waals surface area contributed by atoms with Crippen LogP contribution in [0.4, 0.5) is 11.4 Å². The van der Waals surface area contributed by atoms with Crippen LogP contribution in [-0.2, 0) is 4.74 Å². The normalized spacial score (nSPS) is 14.0. The number of carbonyl (C=O) groups is 1. The lowest BCUT2D eigenvalue weighted by Gasteiger charge is -2.31. The maximum atomic E-state index is 12.4. The van der Waals surface area contributed by atoms with Crippen molar-refractivity contribution in [1.29, 1.82) is 0 Å². The first-order chi connectivity index (χ1) is 12.6. The van der Waals surface area contributed by atoms with Gasteiger partial charge in [-0.2, -0.15) is 0 Å². The zero-order valence-corrected chi connectivity index (χ0v) is 17.5. The van der Waals surface area contributed by atoms with Gasteiger partial charge in [-0.1, -0.05) is 29.8 Å². The number of rotatable bonds is 3. The summed E-state index contributed by atoms with van der Waals surface area (Å²) >= 11 is 13.9. The van der Waals surface area contributed by atoms with Crippen LogP contribution in [0.5, 0.6) is 0 Å². The van der Waals surface area contributed by atoms with E-state index in [1.54, 1.807) is 6.07 Å². The molecule has 0 aliphatic carbocycles. The summed E-state index contributed by atoms with van der Waals surface area (Å²) in [5.41, 5.74) is 2.20. The Balaban J connectivity index is 1.74. The third kappa shape index (κ3) is 4.64. The van der Waals surface area contributed by atoms with E-state index in [1.807, 2.05) is 36.4 Å². The second kappa shape index (κ2) is 8.98. The highest BCUT2D eigenvalue weighted by molar-refractivity contribution is 14.1. The Hall–Kier alpha value is -1.42. The van der Waals surface area contributed by atoms with Crippen molar-refractivity contribution >= 4 is 68.8 Å². The zero-order valence-electron chi connectivity index (χ0n) is 13.8. The molecule has 0 saturated carbocycles. The lowest BCUT2D eigenvalue weighted by Crippen LogP contribution is -2.38. The second-order valence-electron chi connectivity index (χ2n) is 5.62. The molecule has 0 radical (unpaired) electrons. The summed E-state index contributed by atoms with van der Waals surface area (Å²) in [6.07, 6.45) is 0. The fraction of sp³-hybridized carbons (Fsp3) is 0.222. The molecule has 3 rings (SSSR count). The van der Waals surface area contributed by atoms with E-state index >= 15 is 0 Å². The Morgan fingerprint density at radius 3 is 2.62 bits per heavy atom. The number of anilines is 2. The molecule has 0 spiro atoms. The first kappa shape index (κ1) is 19.3. The van der Waals surface area contributed by atoms with Crippen molar-refractivity contribution in [2.45, 2.75) is 0 Å². The largest absolute Gasteiger partial charge is 0.378 e. The summed E-state index contributed by atoms with van der Waals surface area (Å²) in [4.78, 5) is 14.6. The second-order valence-corrected chi connectivity index (χ2v) is 7.60. The number of halogens is 2. The molecule has 26 heavy (non-hydrogen) atoms. The Morgan fingerprint density at radius 2 is 1.88 bits per heavy atom. The van der Waals surface area contributed by atoms with Gasteiger partial charge >= 0.3 is 0 Å². The van der Waals surface area contributed by atoms with Crippen molar-refractivity contribution in [3.05, 3.63) is 56.6 Å². The summed E-state index contributed by atoms with van der Waals surface area (Å²) in [6.45, 7) is 2.80. The molecule has 1 aliphatic rings. The van der Waals surface area contributed by atoms with Crippen LogP contribution in [0.1, 0.15) is 10.4 Å². The van der Waals surface area contributed by atoms with Crippen molar-refractivity contribution in [3.63, 3.8) is 0 Å². The van der Waals surface area contributed by atoms with Gasteiger partial charge in [-0.15, -0.1) is 0 Å². The van der Waals surface area contributed by atoms with Gasteiger partial charge in [-0.3, -0.25) is 10.1 Å². The first-order valence-corrected chi connectivity index (χ1v) is 9.91. The Morgan fingerprint density at radius 1 is 1.15 bits per heavy atom. The van der Waals surface area contributed by atoms with Gasteiger partial charge in [-0.05, 0) is 59.1 Å². The zero-order chi connectivity index (χ0) is 18.5. The molecular formula is C18H17ClIN3O2S. The fourth-order valence-corrected chi connectivity index (χ4v) is 3.82. The molecule has 1 saturated heterocycles. The topological polar surface area (TPSA) is 53.6 Å². The van der Waals surface area contributed by atoms with Gasteiger partial charge in [0.1, 0.15) is 0 Å². The summed E-state index contributed by atoms with van der Waals surface area (Å²) in [5.74, 6) is -0.248. The van der Waals surface area contributed by atoms with Crippen molar-refractivity contribution in [2.75, 3.05) is 36.5 Å². The van der Waals surface area contributed by atoms with Crippen LogP contribution in [0.15, 0.2) is 42.5 Å². The molecule has 8 heteroatoms. The smallest absolute Gasteiger partial charge is 0.258 e. The monoisotopic (exact) mass is 501 g/mol. The van der Waals surface area contributed by atoms with Crippen LogP contribution in [0.25, 0.3) is 0 Å². The van der Waals surface area contributed by atoms with Crippen LogP contribution >= 0.6 is 46.4 Å². The lowest BCUT2D eigenvalue weighted by molar-refractivity contribution is 0.0977. The van der Waals surface area contributed by atoms with Gasteiger partial charge in [-0.25, -0.2) is 0 Å². The Kier molecular flexibility index (Phi) is 6.68. The summed E-state index contributed by atoms with van der Waals surface area (Å²) in [6, 6.07) is 12.9. The molecule has 0 atom stereocenters. The summed E-state index contributed by atoms with van der Waals surface area (Å²) in [5, 5.41) is 6.68. The quantitative estimate of drug-likeness (QED) is 0.493. The molecule has 0 unspecified atom stereocenters. The van der Waals surface area contributed by atoms with Crippen LogP contribution in [0.2, 0.25) is 5.02 Å². The van der Waals surface area contributed by atoms with Crippen LogP contribution in [0.3, 0.4) is 0 Å². The molecule has 5 nitrogen and oxygen atoms in total. The molecule has 0 bridgehead atoms. The Bertz CT molecular complexity index is 828. The van der Waals surface area contributed by atoms with Gasteiger partial charge < -0.3 is 15.0 Å². The van der Waals surface area contributed by atoms with E-state index in [-0.39, 0.29) is 11.0 Å². The number of hydrogen-bond donors (Lipinski definition) is 2. The molecular weight excluding hydrogens is 485 g/mol. The molecule has 136 valence electrons. The molecule has 0 aromatic heterocycles. The van der Waals surface area contributed by atoms with E-state index in [4.69, 9.17) is 28.6 Å². The highest BCUT2D eigenvalue weighted by Crippen LogP contribution is 2.34. The van der Waals surface area contributed by atoms with Crippen molar-refractivity contribution in [2.24, 2.45) is 0 Å². The van der Waals surface area contributed by atoms with Crippen LogP contribution < -0.4 is 15.5 Å². The molecule has 2 aromatic rings. The minimum absolute atomic E-state index is 0.228. The standard InChI is InChI=1S/C18H17ClIN3O2S/c19-13-5-3-7-15(16(13)23-8-10-25-11-9-23)21-18(26)22-17(24)12-4-1-2-6-14(12)20/h1-7H,8-11H2,(H2,21,22,24,26). The van der Waals surface area contributed by atoms with Gasteiger partial charge in [0, 0.05) is 16.7 Å². The predicted octanol–water partition coefficient (Wildman–Crippen LogP) is 3.91. The van der Waals surface area contributed by atoms with Gasteiger partial charge in [0.25, 0.3) is 5.91 Å². The average Bonchev–Trinajstić information content (AvgIpc) is 2.62. The lowest BCUT2D eigenvalue weighted by atomic mass is 10.2. The number of amides is 1. The highest BCUT2D eigenvalue weighted by Gasteiger charge is 2.19. The summed E-state index contributed by atoms with van der Waals surface area (Å²) < 4.78 is 6.27. The van der Waals surface area contributed by atoms with Crippen molar-refractivity contribution < 1.29 is 9.53 Å². The molecule has 1 amide bonds. The first-order valence-electron chi connectivity index (χ1n) is 8.04. The SMILES string of the molecule is O=C(NC(=S)Nc1cccc(Cl)c1N1CCOCC1)c1ccccc1I. The maximum absolute atomic E-state index is 12.4. The van der Waals surface area contributed by atoms with E-state index in [2.05, 4.69) is 38.1 Å². The number of ether oxygens (including phenoxy) is 1. The molecule has 2 aromatic carbocycles. The molecule has 1 heterocycles. The van der Waals surface area contributed by atoms with Gasteiger partial charge in [0.15, 0.2) is 5.11 Å². The van der Waals surface area contributed by atoms with Crippen molar-refractivity contribution in [3.8, 4) is 0 Å². The number of hydrogen-bond acceptors (Lipinski definition) is 4. The predicted molar refractivity (Wildman–Crippen MR) is 117 cm³/mol. The van der Waals surface area contributed by atoms with Gasteiger partial charge in [0.2, 0.25) is 0 Å². The minimum atomic E-state index is -0.248. The van der Waals surface area contributed by atoms with E-state index < -0.39 is 0 Å². The summed E-state index contributed by atoms with van der Waals surface area (Å²) in [7, 11) is 0. The maximum Gasteiger partial charge on any atom is 0.258 e. The number of nitrogens with one attached hydrogen (secondary N) is 2. The van der Waals surface area contributed by atoms with Gasteiger partial charge in [0.05, 0.1) is 35.2 Å². The van der Waals surface area contributed by atoms with Crippen LogP contribution in [0, 0.1) is 3.57 Å². The number of benzene rings is 2. The number of thiocarbonyl (C=S) groups is 1. The number of morpholine rings is 1. The average molecular weight is 502 g/mol.